The van der Waals surface area contributed by atoms with Gasteiger partial charge in [-0.1, -0.05) is 15.9 Å². The predicted molar refractivity (Wildman–Crippen MR) is 77.8 cm³/mol. The maximum absolute atomic E-state index is 13.1. The van der Waals surface area contributed by atoms with E-state index in [0.29, 0.717) is 19.8 Å². The second kappa shape index (κ2) is 7.71. The molecule has 1 aliphatic heterocycles. The van der Waals surface area contributed by atoms with Gasteiger partial charge in [0.1, 0.15) is 5.82 Å². The molecule has 2 rings (SSSR count). The number of hydrogen-bond acceptors (Lipinski definition) is 3. The molecule has 1 saturated heterocycles. The van der Waals surface area contributed by atoms with Crippen LogP contribution < -0.4 is 10.6 Å². The van der Waals surface area contributed by atoms with Crippen molar-refractivity contribution in [3.05, 3.63) is 34.1 Å². The Morgan fingerprint density at radius 3 is 2.90 bits per heavy atom. The maximum Gasteiger partial charge on any atom is 0.234 e. The minimum atomic E-state index is -0.281. The first-order valence-corrected chi connectivity index (χ1v) is 7.46. The van der Waals surface area contributed by atoms with Gasteiger partial charge >= 0.3 is 0 Å². The van der Waals surface area contributed by atoms with Crippen molar-refractivity contribution in [2.24, 2.45) is 0 Å². The molecule has 0 bridgehead atoms. The number of carbonyl (C=O) groups excluding carboxylic acids is 1. The Hall–Kier alpha value is -0.980. The van der Waals surface area contributed by atoms with Gasteiger partial charge in [-0.05, 0) is 36.6 Å². The molecule has 0 atom stereocenters. The fourth-order valence-electron chi connectivity index (χ4n) is 2.11. The van der Waals surface area contributed by atoms with Crippen LogP contribution in [0.5, 0.6) is 0 Å². The second-order valence-electron chi connectivity index (χ2n) is 4.79. The van der Waals surface area contributed by atoms with Gasteiger partial charge in [0, 0.05) is 30.3 Å². The molecular formula is C14H18BrFN2O2. The minimum Gasteiger partial charge on any atom is -0.381 e. The van der Waals surface area contributed by atoms with E-state index >= 15 is 0 Å². The van der Waals surface area contributed by atoms with Crippen LogP contribution in [-0.2, 0) is 16.1 Å². The predicted octanol–water partition coefficient (Wildman–Crippen LogP) is 1.97. The molecular weight excluding hydrogens is 327 g/mol. The van der Waals surface area contributed by atoms with Crippen molar-refractivity contribution < 1.29 is 13.9 Å². The quantitative estimate of drug-likeness (QED) is 0.858. The number of ether oxygens (including phenoxy) is 1. The van der Waals surface area contributed by atoms with Crippen LogP contribution in [-0.4, -0.2) is 31.7 Å². The van der Waals surface area contributed by atoms with Crippen molar-refractivity contribution in [2.45, 2.75) is 25.4 Å². The highest BCUT2D eigenvalue weighted by Crippen LogP contribution is 2.17. The lowest BCUT2D eigenvalue weighted by atomic mass is 10.1. The number of hydrogen-bond donors (Lipinski definition) is 2. The van der Waals surface area contributed by atoms with Gasteiger partial charge in [0.2, 0.25) is 5.91 Å². The molecule has 1 aliphatic rings. The molecule has 1 aromatic rings. The molecule has 0 spiro atoms. The van der Waals surface area contributed by atoms with Crippen LogP contribution in [0.25, 0.3) is 0 Å². The van der Waals surface area contributed by atoms with Gasteiger partial charge in [-0.15, -0.1) is 0 Å². The largest absolute Gasteiger partial charge is 0.381 e. The molecule has 0 radical (unpaired) electrons. The molecule has 0 aromatic heterocycles. The van der Waals surface area contributed by atoms with E-state index in [0.717, 1.165) is 22.9 Å². The van der Waals surface area contributed by atoms with Crippen molar-refractivity contribution in [2.75, 3.05) is 19.8 Å². The molecule has 0 unspecified atom stereocenters. The monoisotopic (exact) mass is 344 g/mol. The third-order valence-corrected chi connectivity index (χ3v) is 3.97. The standard InChI is InChI=1S/C14H18BrFN2O2/c15-13-2-1-11(16)7-10(13)8-17-9-14(19)18-12-3-5-20-6-4-12/h1-2,7,12,17H,3-6,8-9H2,(H,18,19). The van der Waals surface area contributed by atoms with Crippen LogP contribution in [0.1, 0.15) is 18.4 Å². The molecule has 6 heteroatoms. The summed E-state index contributed by atoms with van der Waals surface area (Å²) in [6.07, 6.45) is 1.72. The lowest BCUT2D eigenvalue weighted by Gasteiger charge is -2.23. The number of benzene rings is 1. The Balaban J connectivity index is 1.72. The summed E-state index contributed by atoms with van der Waals surface area (Å²) >= 11 is 3.36. The lowest BCUT2D eigenvalue weighted by Crippen LogP contribution is -2.42. The summed E-state index contributed by atoms with van der Waals surface area (Å²) in [6.45, 7) is 2.07. The van der Waals surface area contributed by atoms with Crippen molar-refractivity contribution in [1.82, 2.24) is 10.6 Å². The molecule has 1 aromatic carbocycles. The van der Waals surface area contributed by atoms with Crippen LogP contribution in [0.15, 0.2) is 22.7 Å². The number of halogens is 2. The summed E-state index contributed by atoms with van der Waals surface area (Å²) in [4.78, 5) is 11.8. The average molecular weight is 345 g/mol. The average Bonchev–Trinajstić information content (AvgIpc) is 2.44. The Morgan fingerprint density at radius 2 is 2.15 bits per heavy atom. The van der Waals surface area contributed by atoms with E-state index in [-0.39, 0.29) is 24.3 Å². The van der Waals surface area contributed by atoms with Crippen LogP contribution in [0.3, 0.4) is 0 Å². The number of nitrogens with one attached hydrogen (secondary N) is 2. The van der Waals surface area contributed by atoms with Crippen LogP contribution in [0, 0.1) is 5.82 Å². The fourth-order valence-corrected chi connectivity index (χ4v) is 2.50. The van der Waals surface area contributed by atoms with E-state index in [1.807, 2.05) is 0 Å². The zero-order chi connectivity index (χ0) is 14.4. The van der Waals surface area contributed by atoms with E-state index in [2.05, 4.69) is 26.6 Å². The fraction of sp³-hybridized carbons (Fsp3) is 0.500. The summed E-state index contributed by atoms with van der Waals surface area (Å²) in [5, 5.41) is 5.98. The number of amides is 1. The van der Waals surface area contributed by atoms with Gasteiger partial charge in [0.05, 0.1) is 6.54 Å². The van der Waals surface area contributed by atoms with E-state index in [1.54, 1.807) is 6.07 Å². The molecule has 1 heterocycles. The van der Waals surface area contributed by atoms with Crippen molar-refractivity contribution in [1.29, 1.82) is 0 Å². The zero-order valence-electron chi connectivity index (χ0n) is 11.1. The summed E-state index contributed by atoms with van der Waals surface area (Å²) < 4.78 is 19.2. The third kappa shape index (κ3) is 4.85. The summed E-state index contributed by atoms with van der Waals surface area (Å²) in [6, 6.07) is 4.71. The molecule has 1 amide bonds. The van der Waals surface area contributed by atoms with Gasteiger partial charge in [-0.2, -0.15) is 0 Å². The van der Waals surface area contributed by atoms with Crippen molar-refractivity contribution in [3.63, 3.8) is 0 Å². The maximum atomic E-state index is 13.1. The first kappa shape index (κ1) is 15.4. The first-order valence-electron chi connectivity index (χ1n) is 6.67. The van der Waals surface area contributed by atoms with Crippen LogP contribution in [0.4, 0.5) is 4.39 Å². The highest BCUT2D eigenvalue weighted by Gasteiger charge is 2.15. The Labute approximate surface area is 126 Å². The molecule has 110 valence electrons. The van der Waals surface area contributed by atoms with Crippen molar-refractivity contribution >= 4 is 21.8 Å². The molecule has 20 heavy (non-hydrogen) atoms. The zero-order valence-corrected chi connectivity index (χ0v) is 12.7. The SMILES string of the molecule is O=C(CNCc1cc(F)ccc1Br)NC1CCOCC1. The highest BCUT2D eigenvalue weighted by atomic mass is 79.9. The lowest BCUT2D eigenvalue weighted by molar-refractivity contribution is -0.121. The van der Waals surface area contributed by atoms with Gasteiger partial charge < -0.3 is 15.4 Å². The van der Waals surface area contributed by atoms with Gasteiger partial charge in [-0.25, -0.2) is 4.39 Å². The molecule has 4 nitrogen and oxygen atoms in total. The summed E-state index contributed by atoms with van der Waals surface area (Å²) in [7, 11) is 0. The molecule has 1 fully saturated rings. The highest BCUT2D eigenvalue weighted by molar-refractivity contribution is 9.10. The summed E-state index contributed by atoms with van der Waals surface area (Å²) in [5.41, 5.74) is 0.795. The Bertz CT molecular complexity index is 464. The third-order valence-electron chi connectivity index (χ3n) is 3.20. The van der Waals surface area contributed by atoms with E-state index in [4.69, 9.17) is 4.74 Å². The molecule has 2 N–H and O–H groups in total. The summed E-state index contributed by atoms with van der Waals surface area (Å²) in [5.74, 6) is -0.318. The number of rotatable bonds is 5. The van der Waals surface area contributed by atoms with Gasteiger partial charge in [0.15, 0.2) is 0 Å². The van der Waals surface area contributed by atoms with Gasteiger partial charge in [-0.3, -0.25) is 4.79 Å². The minimum absolute atomic E-state index is 0.0376. The van der Waals surface area contributed by atoms with Crippen LogP contribution in [0.2, 0.25) is 0 Å². The smallest absolute Gasteiger partial charge is 0.234 e. The van der Waals surface area contributed by atoms with Gasteiger partial charge in [0.25, 0.3) is 0 Å². The first-order chi connectivity index (χ1) is 9.65. The molecule has 0 saturated carbocycles. The topological polar surface area (TPSA) is 50.4 Å². The number of carbonyl (C=O) groups is 1. The van der Waals surface area contributed by atoms with Crippen molar-refractivity contribution in [3.8, 4) is 0 Å². The molecule has 0 aliphatic carbocycles. The van der Waals surface area contributed by atoms with E-state index < -0.39 is 0 Å². The van der Waals surface area contributed by atoms with Crippen LogP contribution >= 0.6 is 15.9 Å². The Kier molecular flexibility index (Phi) is 5.94. The Morgan fingerprint density at radius 1 is 1.40 bits per heavy atom. The van der Waals surface area contributed by atoms with E-state index in [9.17, 15) is 9.18 Å². The normalized spacial score (nSPS) is 16.1. The second-order valence-corrected chi connectivity index (χ2v) is 5.65. The van der Waals surface area contributed by atoms with E-state index in [1.165, 1.54) is 12.1 Å².